The molecule has 1 aromatic rings. The largest absolute Gasteiger partial charge is 0.343 e. The van der Waals surface area contributed by atoms with E-state index in [-0.39, 0.29) is 22.6 Å². The Morgan fingerprint density at radius 1 is 1.35 bits per heavy atom. The van der Waals surface area contributed by atoms with Gasteiger partial charge in [-0.2, -0.15) is 0 Å². The molecule has 1 saturated heterocycles. The number of aromatic nitrogens is 2. The highest BCUT2D eigenvalue weighted by atomic mass is 35.5. The maximum absolute atomic E-state index is 11.9. The molecule has 1 N–H and O–H groups in total. The Labute approximate surface area is 122 Å². The summed E-state index contributed by atoms with van der Waals surface area (Å²) in [7, 11) is -3.62. The fourth-order valence-electron chi connectivity index (χ4n) is 1.94. The molecule has 20 heavy (non-hydrogen) atoms. The molecule has 0 spiro atoms. The van der Waals surface area contributed by atoms with Gasteiger partial charge in [-0.1, -0.05) is 0 Å². The molecule has 0 saturated carbocycles. The Kier molecular flexibility index (Phi) is 4.90. The van der Waals surface area contributed by atoms with E-state index in [0.717, 1.165) is 25.4 Å². The highest BCUT2D eigenvalue weighted by Crippen LogP contribution is 2.10. The number of carbonyl (C=O) groups is 1. The van der Waals surface area contributed by atoms with Crippen molar-refractivity contribution in [1.82, 2.24) is 19.6 Å². The third kappa shape index (κ3) is 3.87. The molecule has 1 amide bonds. The van der Waals surface area contributed by atoms with E-state index in [4.69, 9.17) is 11.6 Å². The van der Waals surface area contributed by atoms with E-state index in [0.29, 0.717) is 19.4 Å². The predicted molar refractivity (Wildman–Crippen MR) is 72.7 cm³/mol. The number of nitrogens with zero attached hydrogens (tertiary/aromatic N) is 3. The summed E-state index contributed by atoms with van der Waals surface area (Å²) in [6.07, 6.45) is 4.35. The molecular weight excluding hydrogens is 304 g/mol. The van der Waals surface area contributed by atoms with Crippen LogP contribution in [0.15, 0.2) is 17.3 Å². The van der Waals surface area contributed by atoms with Crippen molar-refractivity contribution in [1.29, 1.82) is 0 Å². The summed E-state index contributed by atoms with van der Waals surface area (Å²) < 4.78 is 26.2. The molecule has 0 unspecified atom stereocenters. The molecule has 0 radical (unpaired) electrons. The summed E-state index contributed by atoms with van der Waals surface area (Å²) in [4.78, 5) is 20.4. The zero-order valence-corrected chi connectivity index (χ0v) is 12.3. The topological polar surface area (TPSA) is 92.3 Å². The molecule has 9 heteroatoms. The number of nitrogens with one attached hydrogen (secondary N) is 1. The van der Waals surface area contributed by atoms with Gasteiger partial charge in [-0.15, -0.1) is 0 Å². The van der Waals surface area contributed by atoms with Gasteiger partial charge in [0.2, 0.25) is 21.2 Å². The van der Waals surface area contributed by atoms with Gasteiger partial charge in [-0.05, 0) is 24.4 Å². The first-order valence-electron chi connectivity index (χ1n) is 6.24. The Morgan fingerprint density at radius 3 is 2.65 bits per heavy atom. The van der Waals surface area contributed by atoms with Crippen molar-refractivity contribution in [2.45, 2.75) is 24.2 Å². The average molecular weight is 319 g/mol. The quantitative estimate of drug-likeness (QED) is 0.606. The maximum Gasteiger partial charge on any atom is 0.243 e. The Balaban J connectivity index is 1.80. The summed E-state index contributed by atoms with van der Waals surface area (Å²) in [5.41, 5.74) is 0. The van der Waals surface area contributed by atoms with Crippen molar-refractivity contribution in [3.8, 4) is 0 Å². The number of sulfonamides is 1. The van der Waals surface area contributed by atoms with Crippen molar-refractivity contribution in [3.05, 3.63) is 17.7 Å². The zero-order chi connectivity index (χ0) is 14.6. The zero-order valence-electron chi connectivity index (χ0n) is 10.7. The van der Waals surface area contributed by atoms with Crippen LogP contribution in [0.25, 0.3) is 0 Å². The highest BCUT2D eigenvalue weighted by Gasteiger charge is 2.20. The van der Waals surface area contributed by atoms with E-state index in [1.807, 2.05) is 0 Å². The van der Waals surface area contributed by atoms with Crippen LogP contribution in [0.3, 0.4) is 0 Å². The van der Waals surface area contributed by atoms with Gasteiger partial charge in [0, 0.05) is 26.1 Å². The first-order valence-corrected chi connectivity index (χ1v) is 8.10. The van der Waals surface area contributed by atoms with E-state index in [1.165, 1.54) is 0 Å². The van der Waals surface area contributed by atoms with Gasteiger partial charge in [0.15, 0.2) is 0 Å². The van der Waals surface area contributed by atoms with Crippen LogP contribution in [0.2, 0.25) is 5.28 Å². The molecule has 0 aromatic carbocycles. The summed E-state index contributed by atoms with van der Waals surface area (Å²) in [6.45, 7) is 1.59. The van der Waals surface area contributed by atoms with Crippen molar-refractivity contribution >= 4 is 27.5 Å². The number of rotatable bonds is 6. The van der Waals surface area contributed by atoms with Crippen LogP contribution in [-0.4, -0.2) is 48.8 Å². The van der Waals surface area contributed by atoms with Gasteiger partial charge < -0.3 is 4.90 Å². The van der Waals surface area contributed by atoms with Crippen LogP contribution in [-0.2, 0) is 14.8 Å². The van der Waals surface area contributed by atoms with Crippen LogP contribution >= 0.6 is 11.6 Å². The number of hydrogen-bond donors (Lipinski definition) is 1. The molecule has 1 aliphatic rings. The number of hydrogen-bond acceptors (Lipinski definition) is 5. The summed E-state index contributed by atoms with van der Waals surface area (Å²) >= 11 is 5.50. The van der Waals surface area contributed by atoms with E-state index in [1.54, 1.807) is 4.90 Å². The van der Waals surface area contributed by atoms with Crippen molar-refractivity contribution in [2.24, 2.45) is 0 Å². The molecule has 7 nitrogen and oxygen atoms in total. The second kappa shape index (κ2) is 6.47. The van der Waals surface area contributed by atoms with Crippen LogP contribution in [0, 0.1) is 0 Å². The van der Waals surface area contributed by atoms with Crippen molar-refractivity contribution < 1.29 is 13.2 Å². The molecule has 0 bridgehead atoms. The van der Waals surface area contributed by atoms with E-state index >= 15 is 0 Å². The molecular formula is C11H15ClN4O3S. The Hall–Kier alpha value is -1.25. The van der Waals surface area contributed by atoms with Gasteiger partial charge in [0.1, 0.15) is 4.90 Å². The molecule has 1 fully saturated rings. The van der Waals surface area contributed by atoms with Crippen molar-refractivity contribution in [2.75, 3.05) is 19.6 Å². The molecule has 2 rings (SSSR count). The second-order valence-electron chi connectivity index (χ2n) is 4.42. The fraction of sp³-hybridized carbons (Fsp3) is 0.545. The Bertz CT molecular complexity index is 576. The minimum absolute atomic E-state index is 0.00324. The predicted octanol–water partition coefficient (Wildman–Crippen LogP) is 0.421. The first-order chi connectivity index (χ1) is 9.49. The van der Waals surface area contributed by atoms with E-state index in [2.05, 4.69) is 14.7 Å². The average Bonchev–Trinajstić information content (AvgIpc) is 2.81. The number of likely N-dealkylation sites (tertiary alicyclic amines) is 1. The van der Waals surface area contributed by atoms with E-state index < -0.39 is 10.0 Å². The van der Waals surface area contributed by atoms with Crippen LogP contribution in [0.4, 0.5) is 0 Å². The van der Waals surface area contributed by atoms with Gasteiger partial charge in [0.25, 0.3) is 0 Å². The number of amides is 1. The first kappa shape index (κ1) is 15.1. The van der Waals surface area contributed by atoms with Gasteiger partial charge in [0.05, 0.1) is 12.4 Å². The second-order valence-corrected chi connectivity index (χ2v) is 6.53. The lowest BCUT2D eigenvalue weighted by molar-refractivity contribution is -0.127. The van der Waals surface area contributed by atoms with Crippen LogP contribution in [0.1, 0.15) is 19.3 Å². The maximum atomic E-state index is 11.9. The molecule has 1 aromatic heterocycles. The standard InChI is InChI=1S/C11H15ClN4O3S/c12-11-13-7-9(8-14-11)20(18,19)15-4-2-6-16-5-1-3-10(16)17/h7-8,15H,1-6H2. The van der Waals surface area contributed by atoms with Gasteiger partial charge >= 0.3 is 0 Å². The molecule has 0 atom stereocenters. The fourth-order valence-corrected chi connectivity index (χ4v) is 3.00. The summed E-state index contributed by atoms with van der Waals surface area (Å²) in [5, 5.41) is -0.00324. The monoisotopic (exact) mass is 318 g/mol. The van der Waals surface area contributed by atoms with Crippen molar-refractivity contribution in [3.63, 3.8) is 0 Å². The van der Waals surface area contributed by atoms with Gasteiger partial charge in [-0.3, -0.25) is 4.79 Å². The smallest absolute Gasteiger partial charge is 0.243 e. The SMILES string of the molecule is O=C1CCCN1CCCNS(=O)(=O)c1cnc(Cl)nc1. The lowest BCUT2D eigenvalue weighted by Crippen LogP contribution is -2.30. The molecule has 110 valence electrons. The normalized spacial score (nSPS) is 15.8. The molecule has 0 aliphatic carbocycles. The van der Waals surface area contributed by atoms with E-state index in [9.17, 15) is 13.2 Å². The lowest BCUT2D eigenvalue weighted by atomic mass is 10.4. The summed E-state index contributed by atoms with van der Waals surface area (Å²) in [5.74, 6) is 0.138. The summed E-state index contributed by atoms with van der Waals surface area (Å²) in [6, 6.07) is 0. The Morgan fingerprint density at radius 2 is 2.05 bits per heavy atom. The third-order valence-corrected chi connectivity index (χ3v) is 4.59. The minimum Gasteiger partial charge on any atom is -0.343 e. The van der Waals surface area contributed by atoms with Crippen LogP contribution in [0.5, 0.6) is 0 Å². The highest BCUT2D eigenvalue weighted by molar-refractivity contribution is 7.89. The van der Waals surface area contributed by atoms with Crippen LogP contribution < -0.4 is 4.72 Å². The van der Waals surface area contributed by atoms with Gasteiger partial charge in [-0.25, -0.2) is 23.1 Å². The third-order valence-electron chi connectivity index (χ3n) is 2.98. The molecule has 1 aliphatic heterocycles. The molecule has 2 heterocycles. The number of carbonyl (C=O) groups excluding carboxylic acids is 1. The lowest BCUT2D eigenvalue weighted by Gasteiger charge is -2.15. The minimum atomic E-state index is -3.62. The number of halogens is 1.